The second kappa shape index (κ2) is 9.91. The number of aliphatic hydroxyl groups is 1. The Kier molecular flexibility index (Phi) is 7.23. The second-order valence-corrected chi connectivity index (χ2v) is 7.75. The molecule has 0 spiro atoms. The van der Waals surface area contributed by atoms with Crippen LogP contribution in [-0.4, -0.2) is 75.1 Å². The standard InChI is InChI=1S/C24H27FN2O6/c1-26(2)10-11-27-21(16-13-15(31-3)7-9-18(16)32-4)20(23(29)24(27)30)22(28)17-12-14(25)6-8-19(17)33-5/h6-9,12-13,21,28H,10-11H2,1-5H3/b22-20+/t21-/m1/s1. The van der Waals surface area contributed by atoms with Crippen LogP contribution in [0.4, 0.5) is 4.39 Å². The van der Waals surface area contributed by atoms with E-state index < -0.39 is 29.3 Å². The summed E-state index contributed by atoms with van der Waals surface area (Å²) in [5.41, 5.74) is 0.232. The topological polar surface area (TPSA) is 88.5 Å². The van der Waals surface area contributed by atoms with Crippen molar-refractivity contribution in [3.8, 4) is 17.2 Å². The summed E-state index contributed by atoms with van der Waals surface area (Å²) < 4.78 is 30.1. The molecule has 0 radical (unpaired) electrons. The summed E-state index contributed by atoms with van der Waals surface area (Å²) in [6.07, 6.45) is 0. The van der Waals surface area contributed by atoms with Crippen LogP contribution >= 0.6 is 0 Å². The Morgan fingerprint density at radius 3 is 2.30 bits per heavy atom. The van der Waals surface area contributed by atoms with Crippen molar-refractivity contribution in [2.24, 2.45) is 0 Å². The van der Waals surface area contributed by atoms with Gasteiger partial charge in [0.1, 0.15) is 28.8 Å². The van der Waals surface area contributed by atoms with Crippen LogP contribution in [0.3, 0.4) is 0 Å². The number of methoxy groups -OCH3 is 3. The first-order valence-electron chi connectivity index (χ1n) is 10.2. The highest BCUT2D eigenvalue weighted by molar-refractivity contribution is 6.46. The molecule has 2 aromatic carbocycles. The lowest BCUT2D eigenvalue weighted by Crippen LogP contribution is -2.35. The summed E-state index contributed by atoms with van der Waals surface area (Å²) in [6.45, 7) is 0.679. The maximum Gasteiger partial charge on any atom is 0.295 e. The number of likely N-dealkylation sites (N-methyl/N-ethyl adjacent to an activating group) is 1. The Hall–Kier alpha value is -3.59. The molecule has 9 heteroatoms. The third-order valence-corrected chi connectivity index (χ3v) is 5.48. The van der Waals surface area contributed by atoms with Gasteiger partial charge >= 0.3 is 0 Å². The van der Waals surface area contributed by atoms with Crippen LogP contribution in [-0.2, 0) is 9.59 Å². The van der Waals surface area contributed by atoms with E-state index in [1.807, 2.05) is 19.0 Å². The number of ether oxygens (including phenoxy) is 3. The molecule has 33 heavy (non-hydrogen) atoms. The fourth-order valence-corrected chi connectivity index (χ4v) is 3.81. The quantitative estimate of drug-likeness (QED) is 0.370. The van der Waals surface area contributed by atoms with Crippen LogP contribution < -0.4 is 14.2 Å². The van der Waals surface area contributed by atoms with E-state index in [0.29, 0.717) is 23.6 Å². The van der Waals surface area contributed by atoms with Crippen LogP contribution in [0.15, 0.2) is 42.0 Å². The monoisotopic (exact) mass is 458 g/mol. The van der Waals surface area contributed by atoms with Gasteiger partial charge in [0.25, 0.3) is 11.7 Å². The van der Waals surface area contributed by atoms with Gasteiger partial charge in [0, 0.05) is 18.7 Å². The fourth-order valence-electron chi connectivity index (χ4n) is 3.81. The molecule has 0 unspecified atom stereocenters. The van der Waals surface area contributed by atoms with Crippen molar-refractivity contribution >= 4 is 17.4 Å². The van der Waals surface area contributed by atoms with Crippen LogP contribution in [0.2, 0.25) is 0 Å². The predicted molar refractivity (Wildman–Crippen MR) is 120 cm³/mol. The van der Waals surface area contributed by atoms with Crippen LogP contribution in [0, 0.1) is 5.82 Å². The zero-order valence-electron chi connectivity index (χ0n) is 19.2. The maximum atomic E-state index is 14.0. The molecule has 1 N–H and O–H groups in total. The van der Waals surface area contributed by atoms with E-state index in [-0.39, 0.29) is 23.4 Å². The molecule has 0 aliphatic carbocycles. The van der Waals surface area contributed by atoms with Gasteiger partial charge < -0.3 is 29.1 Å². The Morgan fingerprint density at radius 2 is 1.70 bits per heavy atom. The number of rotatable bonds is 8. The van der Waals surface area contributed by atoms with Crippen molar-refractivity contribution in [2.75, 3.05) is 48.5 Å². The molecular formula is C24H27FN2O6. The normalized spacial score (nSPS) is 17.5. The number of aliphatic hydroxyl groups excluding tert-OH is 1. The van der Waals surface area contributed by atoms with E-state index in [9.17, 15) is 19.1 Å². The van der Waals surface area contributed by atoms with Crippen LogP contribution in [0.25, 0.3) is 5.76 Å². The maximum absolute atomic E-state index is 14.0. The first kappa shape index (κ1) is 24.1. The largest absolute Gasteiger partial charge is 0.507 e. The molecule has 0 aromatic heterocycles. The average molecular weight is 458 g/mol. The average Bonchev–Trinajstić information content (AvgIpc) is 3.06. The first-order chi connectivity index (χ1) is 15.7. The highest BCUT2D eigenvalue weighted by atomic mass is 19.1. The predicted octanol–water partition coefficient (Wildman–Crippen LogP) is 2.83. The van der Waals surface area contributed by atoms with Gasteiger partial charge in [-0.1, -0.05) is 0 Å². The summed E-state index contributed by atoms with van der Waals surface area (Å²) >= 11 is 0. The number of nitrogens with zero attached hydrogens (tertiary/aromatic N) is 2. The minimum Gasteiger partial charge on any atom is -0.507 e. The molecule has 176 valence electrons. The first-order valence-corrected chi connectivity index (χ1v) is 10.2. The lowest BCUT2D eigenvalue weighted by molar-refractivity contribution is -0.140. The minimum absolute atomic E-state index is 0.0324. The lowest BCUT2D eigenvalue weighted by atomic mass is 9.94. The number of ketones is 1. The molecule has 0 bridgehead atoms. The minimum atomic E-state index is -0.983. The highest BCUT2D eigenvalue weighted by Gasteiger charge is 2.47. The second-order valence-electron chi connectivity index (χ2n) is 7.75. The molecule has 1 atom stereocenters. The zero-order valence-corrected chi connectivity index (χ0v) is 19.2. The fraction of sp³-hybridized carbons (Fsp3) is 0.333. The number of amides is 1. The summed E-state index contributed by atoms with van der Waals surface area (Å²) in [5.74, 6) is -1.79. The smallest absolute Gasteiger partial charge is 0.295 e. The van der Waals surface area contributed by atoms with Crippen molar-refractivity contribution < 1.29 is 33.3 Å². The van der Waals surface area contributed by atoms with Crippen molar-refractivity contribution in [1.82, 2.24) is 9.80 Å². The van der Waals surface area contributed by atoms with E-state index in [0.717, 1.165) is 6.07 Å². The number of carbonyl (C=O) groups is 2. The Morgan fingerprint density at radius 1 is 1.03 bits per heavy atom. The molecule has 1 aliphatic heterocycles. The van der Waals surface area contributed by atoms with E-state index in [2.05, 4.69) is 0 Å². The summed E-state index contributed by atoms with van der Waals surface area (Å²) in [5, 5.41) is 11.2. The Bertz CT molecular complexity index is 1100. The van der Waals surface area contributed by atoms with Gasteiger partial charge in [-0.3, -0.25) is 9.59 Å². The van der Waals surface area contributed by atoms with Gasteiger partial charge in [0.2, 0.25) is 0 Å². The molecule has 0 saturated carbocycles. The van der Waals surface area contributed by atoms with Crippen LogP contribution in [0.5, 0.6) is 17.2 Å². The molecule has 2 aromatic rings. The van der Waals surface area contributed by atoms with Gasteiger partial charge in [0.05, 0.1) is 38.5 Å². The number of hydrogen-bond donors (Lipinski definition) is 1. The third-order valence-electron chi connectivity index (χ3n) is 5.48. The zero-order chi connectivity index (χ0) is 24.3. The SMILES string of the molecule is COc1ccc(OC)c([C@@H]2/C(=C(\O)c3cc(F)ccc3OC)C(=O)C(=O)N2CCN(C)C)c1. The van der Waals surface area contributed by atoms with E-state index in [1.54, 1.807) is 18.2 Å². The van der Waals surface area contributed by atoms with Gasteiger partial charge in [0.15, 0.2) is 0 Å². The molecule has 1 heterocycles. The number of benzene rings is 2. The molecular weight excluding hydrogens is 431 g/mol. The molecule has 1 saturated heterocycles. The van der Waals surface area contributed by atoms with E-state index in [1.165, 1.54) is 38.4 Å². The van der Waals surface area contributed by atoms with Crippen molar-refractivity contribution in [3.05, 3.63) is 58.9 Å². The van der Waals surface area contributed by atoms with Gasteiger partial charge in [-0.2, -0.15) is 0 Å². The number of likely N-dealkylation sites (tertiary alicyclic amines) is 1. The molecule has 3 rings (SSSR count). The van der Waals surface area contributed by atoms with Crippen LogP contribution in [0.1, 0.15) is 17.2 Å². The third kappa shape index (κ3) is 4.63. The van der Waals surface area contributed by atoms with E-state index >= 15 is 0 Å². The van der Waals surface area contributed by atoms with Crippen molar-refractivity contribution in [2.45, 2.75) is 6.04 Å². The number of carbonyl (C=O) groups excluding carboxylic acids is 2. The van der Waals surface area contributed by atoms with Gasteiger partial charge in [-0.05, 0) is 50.5 Å². The molecule has 1 amide bonds. The van der Waals surface area contributed by atoms with E-state index in [4.69, 9.17) is 14.2 Å². The summed E-state index contributed by atoms with van der Waals surface area (Å²) in [4.78, 5) is 29.5. The number of Topliss-reactive ketones (excluding diaryl/α,β-unsaturated/α-hetero) is 1. The van der Waals surface area contributed by atoms with Crippen molar-refractivity contribution in [1.29, 1.82) is 0 Å². The number of halogens is 1. The Labute approximate surface area is 191 Å². The highest BCUT2D eigenvalue weighted by Crippen LogP contribution is 2.44. The molecule has 8 nitrogen and oxygen atoms in total. The van der Waals surface area contributed by atoms with Gasteiger partial charge in [-0.15, -0.1) is 0 Å². The summed E-state index contributed by atoms with van der Waals surface area (Å²) in [6, 6.07) is 7.58. The Balaban J connectivity index is 2.30. The molecule has 1 aliphatic rings. The summed E-state index contributed by atoms with van der Waals surface area (Å²) in [7, 11) is 8.01. The van der Waals surface area contributed by atoms with Crippen molar-refractivity contribution in [3.63, 3.8) is 0 Å². The lowest BCUT2D eigenvalue weighted by Gasteiger charge is -2.28. The van der Waals surface area contributed by atoms with Gasteiger partial charge in [-0.25, -0.2) is 4.39 Å². The molecule has 1 fully saturated rings. The number of hydrogen-bond acceptors (Lipinski definition) is 7.